The second-order valence-electron chi connectivity index (χ2n) is 12.9. The molecular formula is C46H26N2O2. The van der Waals surface area contributed by atoms with Crippen molar-refractivity contribution in [2.45, 2.75) is 0 Å². The lowest BCUT2D eigenvalue weighted by Gasteiger charge is -2.12. The van der Waals surface area contributed by atoms with Crippen molar-refractivity contribution >= 4 is 76.5 Å². The Morgan fingerprint density at radius 2 is 1.06 bits per heavy atom. The zero-order valence-electron chi connectivity index (χ0n) is 26.7. The van der Waals surface area contributed by atoms with E-state index in [4.69, 9.17) is 18.8 Å². The van der Waals surface area contributed by atoms with Gasteiger partial charge < -0.3 is 8.83 Å². The van der Waals surface area contributed by atoms with E-state index in [1.807, 2.05) is 24.4 Å². The lowest BCUT2D eigenvalue weighted by atomic mass is 9.94. The molecule has 0 bridgehead atoms. The molecule has 3 aromatic heterocycles. The largest absolute Gasteiger partial charge is 0.456 e. The van der Waals surface area contributed by atoms with Crippen molar-refractivity contribution in [3.05, 3.63) is 158 Å². The average molecular weight is 639 g/mol. The molecule has 0 aliphatic rings. The molecule has 11 rings (SSSR count). The van der Waals surface area contributed by atoms with Crippen LogP contribution in [0.1, 0.15) is 0 Å². The van der Waals surface area contributed by atoms with Crippen LogP contribution >= 0.6 is 0 Å². The molecular weight excluding hydrogens is 613 g/mol. The Kier molecular flexibility index (Phi) is 5.63. The van der Waals surface area contributed by atoms with Gasteiger partial charge in [0.2, 0.25) is 0 Å². The summed E-state index contributed by atoms with van der Waals surface area (Å²) in [6.07, 6.45) is 1.90. The Morgan fingerprint density at radius 1 is 0.380 bits per heavy atom. The molecule has 0 aliphatic heterocycles. The molecule has 0 saturated carbocycles. The van der Waals surface area contributed by atoms with E-state index in [1.165, 1.54) is 10.8 Å². The predicted molar refractivity (Wildman–Crippen MR) is 205 cm³/mol. The summed E-state index contributed by atoms with van der Waals surface area (Å²) in [4.78, 5) is 10.3. The van der Waals surface area contributed by atoms with Crippen molar-refractivity contribution in [3.63, 3.8) is 0 Å². The van der Waals surface area contributed by atoms with E-state index in [-0.39, 0.29) is 0 Å². The quantitative estimate of drug-likeness (QED) is 0.181. The van der Waals surface area contributed by atoms with Crippen LogP contribution in [0.3, 0.4) is 0 Å². The van der Waals surface area contributed by atoms with Gasteiger partial charge in [0, 0.05) is 38.1 Å². The number of furan rings is 2. The van der Waals surface area contributed by atoms with E-state index in [2.05, 4.69) is 133 Å². The van der Waals surface area contributed by atoms with Crippen LogP contribution in [0.4, 0.5) is 0 Å². The summed E-state index contributed by atoms with van der Waals surface area (Å²) in [6.45, 7) is 0. The van der Waals surface area contributed by atoms with Gasteiger partial charge in [-0.25, -0.2) is 4.98 Å². The van der Waals surface area contributed by atoms with Crippen LogP contribution in [-0.2, 0) is 0 Å². The van der Waals surface area contributed by atoms with Crippen molar-refractivity contribution in [2.24, 2.45) is 0 Å². The van der Waals surface area contributed by atoms with E-state index < -0.39 is 0 Å². The van der Waals surface area contributed by atoms with Gasteiger partial charge in [0.25, 0.3) is 0 Å². The van der Waals surface area contributed by atoms with E-state index in [1.54, 1.807) is 0 Å². The van der Waals surface area contributed by atoms with Crippen LogP contribution in [0.25, 0.3) is 110 Å². The molecule has 0 spiro atoms. The first kappa shape index (κ1) is 27.2. The predicted octanol–water partition coefficient (Wildman–Crippen LogP) is 12.7. The highest BCUT2D eigenvalue weighted by Crippen LogP contribution is 2.44. The van der Waals surface area contributed by atoms with Gasteiger partial charge in [0.15, 0.2) is 0 Å². The monoisotopic (exact) mass is 638 g/mol. The molecule has 4 nitrogen and oxygen atoms in total. The fourth-order valence-corrected chi connectivity index (χ4v) is 7.76. The van der Waals surface area contributed by atoms with E-state index in [9.17, 15) is 0 Å². The van der Waals surface area contributed by atoms with Crippen LogP contribution in [0.2, 0.25) is 0 Å². The Bertz CT molecular complexity index is 3120. The first-order valence-electron chi connectivity index (χ1n) is 16.8. The maximum Gasteiger partial charge on any atom is 0.147 e. The number of rotatable bonds is 3. The molecule has 11 aromatic rings. The molecule has 0 atom stereocenters. The van der Waals surface area contributed by atoms with Gasteiger partial charge in [-0.3, -0.25) is 4.98 Å². The minimum absolute atomic E-state index is 0.819. The molecule has 50 heavy (non-hydrogen) atoms. The van der Waals surface area contributed by atoms with Crippen LogP contribution in [-0.4, -0.2) is 9.97 Å². The number of para-hydroxylation sites is 1. The Morgan fingerprint density at radius 3 is 1.88 bits per heavy atom. The summed E-state index contributed by atoms with van der Waals surface area (Å²) in [6, 6.07) is 52.9. The molecule has 3 heterocycles. The van der Waals surface area contributed by atoms with E-state index >= 15 is 0 Å². The highest BCUT2D eigenvalue weighted by Gasteiger charge is 2.20. The summed E-state index contributed by atoms with van der Waals surface area (Å²) in [5.41, 5.74) is 11.3. The third-order valence-electron chi connectivity index (χ3n) is 10.1. The second kappa shape index (κ2) is 10.4. The Balaban J connectivity index is 1.16. The van der Waals surface area contributed by atoms with Crippen molar-refractivity contribution in [1.29, 1.82) is 0 Å². The van der Waals surface area contributed by atoms with Gasteiger partial charge in [-0.1, -0.05) is 115 Å². The molecule has 0 N–H and O–H groups in total. The lowest BCUT2D eigenvalue weighted by Crippen LogP contribution is -1.92. The van der Waals surface area contributed by atoms with Gasteiger partial charge in [-0.05, 0) is 63.9 Å². The van der Waals surface area contributed by atoms with E-state index in [0.29, 0.717) is 0 Å². The van der Waals surface area contributed by atoms with Crippen molar-refractivity contribution < 1.29 is 8.83 Å². The smallest absolute Gasteiger partial charge is 0.147 e. The molecule has 0 radical (unpaired) electrons. The number of hydrogen-bond donors (Lipinski definition) is 0. The SMILES string of the molecule is c1ccc(-c2cc(-c3cccc(-c4cnc5c6ccccc6c6ccccc6c5n4)c3)c3oc4c(ccc5oc6ccccc6c54)c3c2)cc1. The molecule has 0 saturated heterocycles. The van der Waals surface area contributed by atoms with Crippen LogP contribution in [0.5, 0.6) is 0 Å². The maximum atomic E-state index is 6.91. The highest BCUT2D eigenvalue weighted by atomic mass is 16.3. The molecule has 0 aliphatic carbocycles. The highest BCUT2D eigenvalue weighted by molar-refractivity contribution is 6.24. The first-order chi connectivity index (χ1) is 24.8. The summed E-state index contributed by atoms with van der Waals surface area (Å²) < 4.78 is 13.2. The van der Waals surface area contributed by atoms with E-state index in [0.717, 1.165) is 99.2 Å². The van der Waals surface area contributed by atoms with Crippen molar-refractivity contribution in [3.8, 4) is 33.5 Å². The van der Waals surface area contributed by atoms with Crippen LogP contribution in [0, 0.1) is 0 Å². The zero-order chi connectivity index (χ0) is 32.8. The van der Waals surface area contributed by atoms with Gasteiger partial charge in [-0.2, -0.15) is 0 Å². The topological polar surface area (TPSA) is 52.1 Å². The van der Waals surface area contributed by atoms with Crippen LogP contribution in [0.15, 0.2) is 167 Å². The lowest BCUT2D eigenvalue weighted by molar-refractivity contribution is 0.663. The summed E-state index contributed by atoms with van der Waals surface area (Å²) >= 11 is 0. The van der Waals surface area contributed by atoms with Gasteiger partial charge >= 0.3 is 0 Å². The van der Waals surface area contributed by atoms with Crippen molar-refractivity contribution in [2.75, 3.05) is 0 Å². The summed E-state index contributed by atoms with van der Waals surface area (Å²) in [5.74, 6) is 0. The first-order valence-corrected chi connectivity index (χ1v) is 16.8. The molecule has 0 amide bonds. The Labute approximate surface area is 285 Å². The molecule has 232 valence electrons. The maximum absolute atomic E-state index is 6.91. The summed E-state index contributed by atoms with van der Waals surface area (Å²) in [5, 5.41) is 8.76. The van der Waals surface area contributed by atoms with Gasteiger partial charge in [0.1, 0.15) is 22.3 Å². The fraction of sp³-hybridized carbons (Fsp3) is 0. The molecule has 0 unspecified atom stereocenters. The number of nitrogens with zero attached hydrogens (tertiary/aromatic N) is 2. The third-order valence-corrected chi connectivity index (χ3v) is 10.1. The normalized spacial score (nSPS) is 12.0. The molecule has 4 heteroatoms. The van der Waals surface area contributed by atoms with Crippen LogP contribution < -0.4 is 0 Å². The number of fused-ring (bicyclic) bond motifs is 13. The average Bonchev–Trinajstić information content (AvgIpc) is 3.76. The number of hydrogen-bond acceptors (Lipinski definition) is 4. The van der Waals surface area contributed by atoms with Gasteiger partial charge in [-0.15, -0.1) is 0 Å². The third kappa shape index (κ3) is 3.93. The molecule has 8 aromatic carbocycles. The fourth-order valence-electron chi connectivity index (χ4n) is 7.76. The van der Waals surface area contributed by atoms with Crippen molar-refractivity contribution in [1.82, 2.24) is 9.97 Å². The minimum atomic E-state index is 0.819. The molecule has 0 fully saturated rings. The second-order valence-corrected chi connectivity index (χ2v) is 12.9. The standard InChI is InChI=1S/C46H26N2O2/c1-2-11-27(12-3-1)30-24-37(45-38(25-30)35-21-22-41-42(46(35)50-45)36-19-8-9-20-40(36)49-41)28-13-10-14-29(23-28)39-26-47-43-33-17-6-4-15-31(33)32-16-5-7-18-34(32)44(43)48-39/h1-26H. The minimum Gasteiger partial charge on any atom is -0.456 e. The van der Waals surface area contributed by atoms with Gasteiger partial charge in [0.05, 0.1) is 28.3 Å². The number of benzene rings is 8. The number of aromatic nitrogens is 2. The Hall–Kier alpha value is -6.78. The zero-order valence-corrected chi connectivity index (χ0v) is 26.7. The summed E-state index contributed by atoms with van der Waals surface area (Å²) in [7, 11) is 0.